The lowest BCUT2D eigenvalue weighted by molar-refractivity contribution is -0.377. The van der Waals surface area contributed by atoms with E-state index in [4.69, 9.17) is 9.47 Å². The molecule has 0 amide bonds. The summed E-state index contributed by atoms with van der Waals surface area (Å²) in [5.74, 6) is 0. The van der Waals surface area contributed by atoms with Gasteiger partial charge in [0.15, 0.2) is 0 Å². The SMILES string of the molecule is CC(C)=CCOCC(O)COC(C=C(C)C)O[O]. The predicted octanol–water partition coefficient (Wildman–Crippen LogP) is 2.00. The van der Waals surface area contributed by atoms with E-state index in [1.54, 1.807) is 6.08 Å². The lowest BCUT2D eigenvalue weighted by Gasteiger charge is -2.14. The van der Waals surface area contributed by atoms with Gasteiger partial charge in [0.1, 0.15) is 6.10 Å². The van der Waals surface area contributed by atoms with Crippen LogP contribution in [0.5, 0.6) is 0 Å². The van der Waals surface area contributed by atoms with Crippen LogP contribution in [0.4, 0.5) is 0 Å². The molecule has 18 heavy (non-hydrogen) atoms. The molecule has 0 saturated carbocycles. The third-order valence-electron chi connectivity index (χ3n) is 1.94. The first kappa shape index (κ1) is 17.3. The fourth-order valence-corrected chi connectivity index (χ4v) is 1.06. The van der Waals surface area contributed by atoms with E-state index in [1.165, 1.54) is 0 Å². The number of aliphatic hydroxyl groups is 1. The van der Waals surface area contributed by atoms with Crippen LogP contribution in [0.3, 0.4) is 0 Å². The van der Waals surface area contributed by atoms with Crippen LogP contribution < -0.4 is 0 Å². The maximum atomic E-state index is 10.3. The van der Waals surface area contributed by atoms with Gasteiger partial charge in [-0.3, -0.25) is 0 Å². The monoisotopic (exact) mass is 259 g/mol. The third-order valence-corrected chi connectivity index (χ3v) is 1.94. The molecule has 0 saturated heterocycles. The molecule has 2 atom stereocenters. The van der Waals surface area contributed by atoms with Crippen molar-refractivity contribution >= 4 is 0 Å². The molecule has 0 heterocycles. The molecule has 5 nitrogen and oxygen atoms in total. The molecular weight excluding hydrogens is 236 g/mol. The molecule has 5 heteroatoms. The molecule has 0 spiro atoms. The Morgan fingerprint density at radius 2 is 1.83 bits per heavy atom. The van der Waals surface area contributed by atoms with Gasteiger partial charge in [-0.15, -0.1) is 0 Å². The zero-order chi connectivity index (χ0) is 14.0. The summed E-state index contributed by atoms with van der Waals surface area (Å²) in [7, 11) is 0. The van der Waals surface area contributed by atoms with Crippen molar-refractivity contribution in [3.05, 3.63) is 23.3 Å². The molecule has 0 rings (SSSR count). The van der Waals surface area contributed by atoms with Gasteiger partial charge in [-0.05, 0) is 39.0 Å². The van der Waals surface area contributed by atoms with Crippen LogP contribution in [-0.4, -0.2) is 37.3 Å². The van der Waals surface area contributed by atoms with Gasteiger partial charge in [-0.2, -0.15) is 4.89 Å². The Hall–Kier alpha value is -0.720. The summed E-state index contributed by atoms with van der Waals surface area (Å²) in [4.78, 5) is 3.86. The van der Waals surface area contributed by atoms with E-state index < -0.39 is 12.4 Å². The second kappa shape index (κ2) is 10.2. The van der Waals surface area contributed by atoms with E-state index in [-0.39, 0.29) is 13.2 Å². The van der Waals surface area contributed by atoms with Gasteiger partial charge in [-0.1, -0.05) is 17.2 Å². The van der Waals surface area contributed by atoms with E-state index in [1.807, 2.05) is 33.8 Å². The van der Waals surface area contributed by atoms with Gasteiger partial charge in [0, 0.05) is 0 Å². The van der Waals surface area contributed by atoms with Crippen LogP contribution in [0.25, 0.3) is 0 Å². The Morgan fingerprint density at radius 3 is 2.33 bits per heavy atom. The zero-order valence-electron chi connectivity index (χ0n) is 11.5. The molecule has 0 fully saturated rings. The molecule has 0 aliphatic carbocycles. The number of allylic oxidation sites excluding steroid dienone is 2. The van der Waals surface area contributed by atoms with Crippen molar-refractivity contribution in [2.24, 2.45) is 0 Å². The van der Waals surface area contributed by atoms with Crippen LogP contribution in [0.1, 0.15) is 27.7 Å². The normalized spacial score (nSPS) is 13.9. The second-order valence-electron chi connectivity index (χ2n) is 4.51. The van der Waals surface area contributed by atoms with Crippen molar-refractivity contribution in [1.29, 1.82) is 0 Å². The first-order valence-electron chi connectivity index (χ1n) is 5.90. The maximum absolute atomic E-state index is 10.3. The van der Waals surface area contributed by atoms with Crippen LogP contribution in [0.2, 0.25) is 0 Å². The van der Waals surface area contributed by atoms with Crippen molar-refractivity contribution in [3.63, 3.8) is 0 Å². The van der Waals surface area contributed by atoms with Gasteiger partial charge in [0.05, 0.1) is 19.8 Å². The van der Waals surface area contributed by atoms with Crippen LogP contribution in [-0.2, 0) is 19.6 Å². The minimum atomic E-state index is -0.970. The molecule has 0 bridgehead atoms. The van der Waals surface area contributed by atoms with Crippen LogP contribution in [0.15, 0.2) is 23.3 Å². The molecule has 0 aliphatic heterocycles. The van der Waals surface area contributed by atoms with Crippen LogP contribution in [0, 0.1) is 0 Å². The summed E-state index contributed by atoms with van der Waals surface area (Å²) in [6, 6.07) is 0. The fraction of sp³-hybridized carbons (Fsp3) is 0.692. The average Bonchev–Trinajstić information content (AvgIpc) is 2.29. The standard InChI is InChI=1S/C13H23O5/c1-10(2)5-6-16-8-12(14)9-17-13(18-15)7-11(3)4/h5,7,12-14H,6,8-9H2,1-4H3. The lowest BCUT2D eigenvalue weighted by Crippen LogP contribution is -2.25. The molecule has 0 aromatic heterocycles. The van der Waals surface area contributed by atoms with E-state index >= 15 is 0 Å². The van der Waals surface area contributed by atoms with Gasteiger partial charge >= 0.3 is 0 Å². The minimum absolute atomic E-state index is 0.00842. The quantitative estimate of drug-likeness (QED) is 0.226. The van der Waals surface area contributed by atoms with Crippen molar-refractivity contribution < 1.29 is 24.7 Å². The first-order chi connectivity index (χ1) is 8.45. The molecule has 1 radical (unpaired) electrons. The Bertz CT molecular complexity index is 265. The molecule has 105 valence electrons. The molecule has 0 aromatic carbocycles. The third kappa shape index (κ3) is 10.4. The lowest BCUT2D eigenvalue weighted by atomic mass is 10.3. The topological polar surface area (TPSA) is 67.8 Å². The molecule has 0 aromatic rings. The zero-order valence-corrected chi connectivity index (χ0v) is 11.5. The molecule has 1 N–H and O–H groups in total. The van der Waals surface area contributed by atoms with E-state index in [0.717, 1.165) is 11.1 Å². The highest BCUT2D eigenvalue weighted by Gasteiger charge is 2.10. The fourth-order valence-electron chi connectivity index (χ4n) is 1.06. The molecule has 0 aliphatic rings. The second-order valence-corrected chi connectivity index (χ2v) is 4.51. The number of ether oxygens (including phenoxy) is 2. The van der Waals surface area contributed by atoms with E-state index in [9.17, 15) is 10.4 Å². The summed E-state index contributed by atoms with van der Waals surface area (Å²) in [6.07, 6.45) is 1.71. The minimum Gasteiger partial charge on any atom is -0.388 e. The van der Waals surface area contributed by atoms with Crippen molar-refractivity contribution in [2.75, 3.05) is 19.8 Å². The smallest absolute Gasteiger partial charge is 0.214 e. The summed E-state index contributed by atoms with van der Waals surface area (Å²) in [6.45, 7) is 8.20. The Labute approximate surface area is 109 Å². The van der Waals surface area contributed by atoms with Gasteiger partial charge in [-0.25, -0.2) is 0 Å². The van der Waals surface area contributed by atoms with Crippen molar-refractivity contribution in [3.8, 4) is 0 Å². The van der Waals surface area contributed by atoms with Crippen molar-refractivity contribution in [1.82, 2.24) is 0 Å². The summed E-state index contributed by atoms with van der Waals surface area (Å²) < 4.78 is 10.3. The van der Waals surface area contributed by atoms with Crippen LogP contribution >= 0.6 is 0 Å². The Kier molecular flexibility index (Phi) is 9.82. The Balaban J connectivity index is 3.78. The van der Waals surface area contributed by atoms with Crippen molar-refractivity contribution in [2.45, 2.75) is 40.1 Å². The summed E-state index contributed by atoms with van der Waals surface area (Å²) in [5.41, 5.74) is 2.06. The highest BCUT2D eigenvalue weighted by molar-refractivity contribution is 4.95. The maximum Gasteiger partial charge on any atom is 0.214 e. The highest BCUT2D eigenvalue weighted by Crippen LogP contribution is 2.02. The van der Waals surface area contributed by atoms with E-state index in [2.05, 4.69) is 4.89 Å². The number of hydrogen-bond acceptors (Lipinski definition) is 4. The first-order valence-corrected chi connectivity index (χ1v) is 5.90. The number of rotatable bonds is 9. The largest absolute Gasteiger partial charge is 0.388 e. The number of aliphatic hydroxyl groups excluding tert-OH is 1. The highest BCUT2D eigenvalue weighted by atomic mass is 17.1. The van der Waals surface area contributed by atoms with Gasteiger partial charge in [0.2, 0.25) is 6.29 Å². The number of hydrogen-bond donors (Lipinski definition) is 1. The van der Waals surface area contributed by atoms with E-state index in [0.29, 0.717) is 6.61 Å². The average molecular weight is 259 g/mol. The molecule has 2 unspecified atom stereocenters. The summed E-state index contributed by atoms with van der Waals surface area (Å²) >= 11 is 0. The predicted molar refractivity (Wildman–Crippen MR) is 67.2 cm³/mol. The summed E-state index contributed by atoms with van der Waals surface area (Å²) in [5, 5.41) is 19.9. The van der Waals surface area contributed by atoms with Gasteiger partial charge < -0.3 is 14.6 Å². The van der Waals surface area contributed by atoms with Gasteiger partial charge in [0.25, 0.3) is 0 Å². The molecular formula is C13H23O5. The Morgan fingerprint density at radius 1 is 1.17 bits per heavy atom.